The summed E-state index contributed by atoms with van der Waals surface area (Å²) in [4.78, 5) is 24.4. The number of carbonyl (C=O) groups is 2. The fourth-order valence-corrected chi connectivity index (χ4v) is 3.02. The molecule has 6 nitrogen and oxygen atoms in total. The first kappa shape index (κ1) is 25.1. The van der Waals surface area contributed by atoms with Crippen LogP contribution in [0, 0.1) is 18.3 Å². The van der Waals surface area contributed by atoms with Gasteiger partial charge in [0.2, 0.25) is 0 Å². The van der Waals surface area contributed by atoms with Gasteiger partial charge in [-0.1, -0.05) is 30.3 Å². The number of aryl methyl sites for hydroxylation is 1. The van der Waals surface area contributed by atoms with Crippen LogP contribution in [-0.4, -0.2) is 18.4 Å². The van der Waals surface area contributed by atoms with Gasteiger partial charge in [-0.05, 0) is 66.6 Å². The van der Waals surface area contributed by atoms with Gasteiger partial charge in [0.05, 0.1) is 5.56 Å². The minimum atomic E-state index is -4.56. The van der Waals surface area contributed by atoms with Gasteiger partial charge in [-0.2, -0.15) is 18.4 Å². The maximum absolute atomic E-state index is 12.9. The number of hydrogen-bond acceptors (Lipinski definition) is 4. The van der Waals surface area contributed by atoms with Gasteiger partial charge in [0.25, 0.3) is 11.8 Å². The van der Waals surface area contributed by atoms with Crippen molar-refractivity contribution in [3.05, 3.63) is 95.1 Å². The quantitative estimate of drug-likeness (QED) is 0.342. The summed E-state index contributed by atoms with van der Waals surface area (Å²) in [6.07, 6.45) is -3.27. The number of carbonyl (C=O) groups excluding carboxylic acids is 2. The van der Waals surface area contributed by atoms with Crippen LogP contribution in [0.4, 0.5) is 24.5 Å². The van der Waals surface area contributed by atoms with Crippen LogP contribution in [0.5, 0.6) is 5.75 Å². The highest BCUT2D eigenvalue weighted by Gasteiger charge is 2.30. The second-order valence-electron chi connectivity index (χ2n) is 7.48. The summed E-state index contributed by atoms with van der Waals surface area (Å²) in [5.74, 6) is -0.786. The van der Waals surface area contributed by atoms with Gasteiger partial charge in [0.15, 0.2) is 6.61 Å². The van der Waals surface area contributed by atoms with E-state index in [0.717, 1.165) is 23.8 Å². The Balaban J connectivity index is 1.60. The number of ether oxygens (including phenoxy) is 1. The standard InChI is InChI=1S/C26H20F3N3O3/c1-17-4-2-6-21(12-17)31-24(33)16-35-23-10-8-18(9-11-23)13-19(15-30)25(34)32-22-7-3-5-20(14-22)26(27,28)29/h2-14H,16H2,1H3,(H,31,33)(H,32,34)/b19-13+. The molecule has 0 spiro atoms. The molecule has 2 amide bonds. The van der Waals surface area contributed by atoms with Crippen LogP contribution in [0.2, 0.25) is 0 Å². The molecular weight excluding hydrogens is 459 g/mol. The summed E-state index contributed by atoms with van der Waals surface area (Å²) in [6, 6.07) is 19.5. The maximum Gasteiger partial charge on any atom is 0.416 e. The average Bonchev–Trinajstić information content (AvgIpc) is 2.81. The molecule has 0 aliphatic heterocycles. The molecule has 0 radical (unpaired) electrons. The normalized spacial score (nSPS) is 11.3. The van der Waals surface area contributed by atoms with Gasteiger partial charge >= 0.3 is 6.18 Å². The van der Waals surface area contributed by atoms with Crippen LogP contribution in [-0.2, 0) is 15.8 Å². The fourth-order valence-electron chi connectivity index (χ4n) is 3.02. The summed E-state index contributed by atoms with van der Waals surface area (Å²) in [5.41, 5.74) is 0.852. The smallest absolute Gasteiger partial charge is 0.416 e. The van der Waals surface area contributed by atoms with E-state index in [1.54, 1.807) is 36.4 Å². The van der Waals surface area contributed by atoms with Gasteiger partial charge in [-0.15, -0.1) is 0 Å². The minimum Gasteiger partial charge on any atom is -0.484 e. The van der Waals surface area contributed by atoms with Crippen molar-refractivity contribution in [2.45, 2.75) is 13.1 Å². The molecule has 35 heavy (non-hydrogen) atoms. The lowest BCUT2D eigenvalue weighted by Crippen LogP contribution is -2.20. The highest BCUT2D eigenvalue weighted by atomic mass is 19.4. The van der Waals surface area contributed by atoms with E-state index in [2.05, 4.69) is 10.6 Å². The SMILES string of the molecule is Cc1cccc(NC(=O)COc2ccc(/C=C(\C#N)C(=O)Nc3cccc(C(F)(F)F)c3)cc2)c1. The Morgan fingerprint density at radius 2 is 1.63 bits per heavy atom. The van der Waals surface area contributed by atoms with Crippen LogP contribution in [0.25, 0.3) is 6.08 Å². The number of halogens is 3. The second-order valence-corrected chi connectivity index (χ2v) is 7.48. The highest BCUT2D eigenvalue weighted by Crippen LogP contribution is 2.30. The van der Waals surface area contributed by atoms with Crippen molar-refractivity contribution in [1.29, 1.82) is 5.26 Å². The van der Waals surface area contributed by atoms with Crippen molar-refractivity contribution in [2.24, 2.45) is 0 Å². The molecule has 0 fully saturated rings. The molecule has 178 valence electrons. The molecule has 3 aromatic carbocycles. The van der Waals surface area contributed by atoms with E-state index in [1.807, 2.05) is 25.1 Å². The van der Waals surface area contributed by atoms with Crippen LogP contribution in [0.3, 0.4) is 0 Å². The van der Waals surface area contributed by atoms with Gasteiger partial charge in [0, 0.05) is 11.4 Å². The molecule has 0 aliphatic rings. The predicted octanol–water partition coefficient (Wildman–Crippen LogP) is 5.58. The summed E-state index contributed by atoms with van der Waals surface area (Å²) in [7, 11) is 0. The summed E-state index contributed by atoms with van der Waals surface area (Å²) >= 11 is 0. The fraction of sp³-hybridized carbons (Fsp3) is 0.115. The largest absolute Gasteiger partial charge is 0.484 e. The Morgan fingerprint density at radius 3 is 2.26 bits per heavy atom. The first-order valence-electron chi connectivity index (χ1n) is 10.3. The molecule has 0 unspecified atom stereocenters. The van der Waals surface area contributed by atoms with E-state index in [1.165, 1.54) is 12.1 Å². The molecule has 9 heteroatoms. The minimum absolute atomic E-state index is 0.0846. The third-order valence-corrected chi connectivity index (χ3v) is 4.68. The summed E-state index contributed by atoms with van der Waals surface area (Å²) < 4.78 is 44.0. The van der Waals surface area contributed by atoms with Crippen molar-refractivity contribution in [2.75, 3.05) is 17.2 Å². The molecule has 0 atom stereocenters. The molecule has 0 aliphatic carbocycles. The van der Waals surface area contributed by atoms with Gasteiger partial charge in [-0.3, -0.25) is 9.59 Å². The average molecular weight is 479 g/mol. The Morgan fingerprint density at radius 1 is 0.971 bits per heavy atom. The summed E-state index contributed by atoms with van der Waals surface area (Å²) in [5, 5.41) is 14.3. The van der Waals surface area contributed by atoms with E-state index in [-0.39, 0.29) is 23.8 Å². The van der Waals surface area contributed by atoms with Crippen molar-refractivity contribution in [3.8, 4) is 11.8 Å². The first-order valence-corrected chi connectivity index (χ1v) is 10.3. The number of hydrogen-bond donors (Lipinski definition) is 2. The lowest BCUT2D eigenvalue weighted by atomic mass is 10.1. The second kappa shape index (κ2) is 11.0. The van der Waals surface area contributed by atoms with Crippen LogP contribution in [0.15, 0.2) is 78.4 Å². The number of benzene rings is 3. The van der Waals surface area contributed by atoms with Crippen molar-refractivity contribution in [1.82, 2.24) is 0 Å². The zero-order valence-corrected chi connectivity index (χ0v) is 18.5. The highest BCUT2D eigenvalue weighted by molar-refractivity contribution is 6.09. The van der Waals surface area contributed by atoms with Gasteiger partial charge in [-0.25, -0.2) is 0 Å². The number of nitrogens with one attached hydrogen (secondary N) is 2. The third kappa shape index (κ3) is 7.47. The molecule has 0 bridgehead atoms. The molecular formula is C26H20F3N3O3. The number of amides is 2. The number of nitriles is 1. The van der Waals surface area contributed by atoms with Crippen LogP contribution in [0.1, 0.15) is 16.7 Å². The topological polar surface area (TPSA) is 91.2 Å². The number of alkyl halides is 3. The van der Waals surface area contributed by atoms with E-state index < -0.39 is 17.6 Å². The zero-order valence-electron chi connectivity index (χ0n) is 18.5. The Bertz CT molecular complexity index is 1290. The number of anilines is 2. The Hall–Kier alpha value is -4.58. The van der Waals surface area contributed by atoms with Crippen LogP contribution < -0.4 is 15.4 Å². The van der Waals surface area contributed by atoms with Crippen LogP contribution >= 0.6 is 0 Å². The molecule has 2 N–H and O–H groups in total. The van der Waals surface area contributed by atoms with Crippen molar-refractivity contribution < 1.29 is 27.5 Å². The molecule has 3 aromatic rings. The number of rotatable bonds is 7. The van der Waals surface area contributed by atoms with Crippen molar-refractivity contribution in [3.63, 3.8) is 0 Å². The number of nitrogens with zero attached hydrogens (tertiary/aromatic N) is 1. The van der Waals surface area contributed by atoms with Gasteiger partial charge < -0.3 is 15.4 Å². The van der Waals surface area contributed by atoms with E-state index in [0.29, 0.717) is 17.0 Å². The molecule has 0 saturated carbocycles. The van der Waals surface area contributed by atoms with E-state index in [4.69, 9.17) is 4.74 Å². The molecule has 0 heterocycles. The maximum atomic E-state index is 12.9. The lowest BCUT2D eigenvalue weighted by molar-refractivity contribution is -0.137. The Kier molecular flexibility index (Phi) is 7.89. The van der Waals surface area contributed by atoms with E-state index in [9.17, 15) is 28.0 Å². The first-order chi connectivity index (χ1) is 16.6. The third-order valence-electron chi connectivity index (χ3n) is 4.68. The molecule has 0 saturated heterocycles. The summed E-state index contributed by atoms with van der Waals surface area (Å²) in [6.45, 7) is 1.70. The van der Waals surface area contributed by atoms with Crippen molar-refractivity contribution >= 4 is 29.3 Å². The molecule has 3 rings (SSSR count). The van der Waals surface area contributed by atoms with Gasteiger partial charge in [0.1, 0.15) is 17.4 Å². The monoisotopic (exact) mass is 479 g/mol. The Labute approximate surface area is 199 Å². The molecule has 0 aromatic heterocycles. The van der Waals surface area contributed by atoms with E-state index >= 15 is 0 Å². The predicted molar refractivity (Wildman–Crippen MR) is 125 cm³/mol. The zero-order chi connectivity index (χ0) is 25.4. The lowest BCUT2D eigenvalue weighted by Gasteiger charge is -2.10.